The van der Waals surface area contributed by atoms with Crippen LogP contribution in [-0.4, -0.2) is 18.6 Å². The molecule has 1 aromatic carbocycles. The zero-order valence-corrected chi connectivity index (χ0v) is 13.6. The van der Waals surface area contributed by atoms with Crippen LogP contribution in [0.15, 0.2) is 24.3 Å². The van der Waals surface area contributed by atoms with Gasteiger partial charge in [0.05, 0.1) is 5.56 Å². The van der Waals surface area contributed by atoms with Crippen molar-refractivity contribution in [2.45, 2.75) is 50.9 Å². The molecule has 1 N–H and O–H groups in total. The van der Waals surface area contributed by atoms with Crippen LogP contribution in [0.1, 0.15) is 49.7 Å². The summed E-state index contributed by atoms with van der Waals surface area (Å²) < 4.78 is 77.5. The summed E-state index contributed by atoms with van der Waals surface area (Å²) in [6, 6.07) is 4.38. The number of hydrogen-bond acceptors (Lipinski definition) is 1. The highest BCUT2D eigenvalue weighted by Gasteiger charge is 2.60. The highest BCUT2D eigenvalue weighted by atomic mass is 19.4. The zero-order chi connectivity index (χ0) is 18.9. The van der Waals surface area contributed by atoms with Gasteiger partial charge in [0.2, 0.25) is 5.91 Å². The number of carbonyl (C=O) groups is 1. The topological polar surface area (TPSA) is 29.1 Å². The zero-order valence-electron chi connectivity index (χ0n) is 13.6. The van der Waals surface area contributed by atoms with Crippen molar-refractivity contribution in [1.29, 1.82) is 0 Å². The summed E-state index contributed by atoms with van der Waals surface area (Å²) in [6.45, 7) is 1.57. The van der Waals surface area contributed by atoms with Crippen LogP contribution < -0.4 is 5.32 Å². The third-order valence-electron chi connectivity index (χ3n) is 4.81. The number of alkyl halides is 6. The van der Waals surface area contributed by atoms with Crippen molar-refractivity contribution in [3.05, 3.63) is 35.4 Å². The van der Waals surface area contributed by atoms with Crippen molar-refractivity contribution in [3.63, 3.8) is 0 Å². The van der Waals surface area contributed by atoms with Crippen molar-refractivity contribution >= 4 is 5.91 Å². The summed E-state index contributed by atoms with van der Waals surface area (Å²) in [5.41, 5.74) is -2.62. The van der Waals surface area contributed by atoms with Gasteiger partial charge in [0.1, 0.15) is 5.41 Å². The summed E-state index contributed by atoms with van der Waals surface area (Å²) in [4.78, 5) is 12.2. The maximum Gasteiger partial charge on any atom is 0.416 e. The Hall–Kier alpha value is -1.73. The van der Waals surface area contributed by atoms with Crippen molar-refractivity contribution < 1.29 is 31.1 Å². The summed E-state index contributed by atoms with van der Waals surface area (Å²) in [7, 11) is 0. The Balaban J connectivity index is 2.01. The first kappa shape index (κ1) is 19.6. The Labute approximate surface area is 141 Å². The molecule has 0 aliphatic heterocycles. The predicted octanol–water partition coefficient (Wildman–Crippen LogP) is 5.05. The van der Waals surface area contributed by atoms with Crippen LogP contribution in [0.25, 0.3) is 0 Å². The molecule has 1 aliphatic carbocycles. The minimum absolute atomic E-state index is 0.0674. The molecule has 2 nitrogen and oxygen atoms in total. The average molecular weight is 367 g/mol. The molecule has 1 amide bonds. The van der Waals surface area contributed by atoms with Crippen LogP contribution in [0, 0.1) is 5.41 Å². The second kappa shape index (κ2) is 6.88. The molecule has 1 saturated carbocycles. The molecule has 1 aromatic rings. The van der Waals surface area contributed by atoms with Crippen LogP contribution in [0.2, 0.25) is 0 Å². The van der Waals surface area contributed by atoms with Crippen molar-refractivity contribution in [1.82, 2.24) is 5.32 Å². The second-order valence-electron chi connectivity index (χ2n) is 6.52. The number of halogens is 6. The molecule has 1 atom stereocenters. The molecule has 1 fully saturated rings. The number of nitrogens with one attached hydrogen (secondary N) is 1. The molecule has 140 valence electrons. The lowest BCUT2D eigenvalue weighted by molar-refractivity contribution is -0.220. The Morgan fingerprint density at radius 1 is 1.08 bits per heavy atom. The molecule has 0 spiro atoms. The lowest BCUT2D eigenvalue weighted by Gasteiger charge is -2.30. The fourth-order valence-corrected chi connectivity index (χ4v) is 3.15. The van der Waals surface area contributed by atoms with E-state index in [9.17, 15) is 31.1 Å². The Morgan fingerprint density at radius 2 is 1.60 bits per heavy atom. The lowest BCUT2D eigenvalue weighted by Crippen LogP contribution is -2.49. The van der Waals surface area contributed by atoms with Gasteiger partial charge in [-0.2, -0.15) is 26.3 Å². The molecular formula is C17H19F6NO. The molecule has 8 heteroatoms. The average Bonchev–Trinajstić information content (AvgIpc) is 3.02. The summed E-state index contributed by atoms with van der Waals surface area (Å²) >= 11 is 0. The molecule has 0 bridgehead atoms. The van der Waals surface area contributed by atoms with Crippen LogP contribution in [0.4, 0.5) is 26.3 Å². The van der Waals surface area contributed by atoms with E-state index in [-0.39, 0.29) is 19.4 Å². The van der Waals surface area contributed by atoms with Gasteiger partial charge >= 0.3 is 12.4 Å². The molecule has 2 rings (SSSR count). The van der Waals surface area contributed by atoms with Gasteiger partial charge in [0.15, 0.2) is 0 Å². The minimum atomic E-state index is -4.61. The molecule has 1 unspecified atom stereocenters. The quantitative estimate of drug-likeness (QED) is 0.742. The van der Waals surface area contributed by atoms with Gasteiger partial charge in [-0.15, -0.1) is 0 Å². The van der Waals surface area contributed by atoms with E-state index in [0.29, 0.717) is 18.4 Å². The standard InChI is InChI=1S/C17H19F6NO/c1-11(12-4-6-13(7-5-12)16(18,19)20)10-24-14(25)15(17(21,22)23)8-2-3-9-15/h4-7,11H,2-3,8-10H2,1H3,(H,24,25). The van der Waals surface area contributed by atoms with E-state index in [1.165, 1.54) is 12.1 Å². The first-order valence-electron chi connectivity index (χ1n) is 7.99. The van der Waals surface area contributed by atoms with Crippen LogP contribution in [0.3, 0.4) is 0 Å². The van der Waals surface area contributed by atoms with Gasteiger partial charge in [-0.25, -0.2) is 0 Å². The highest BCUT2D eigenvalue weighted by molar-refractivity contribution is 5.83. The van der Waals surface area contributed by atoms with E-state index >= 15 is 0 Å². The van der Waals surface area contributed by atoms with Crippen LogP contribution in [0.5, 0.6) is 0 Å². The maximum absolute atomic E-state index is 13.3. The van der Waals surface area contributed by atoms with E-state index in [4.69, 9.17) is 0 Å². The number of amides is 1. The summed E-state index contributed by atoms with van der Waals surface area (Å²) in [5.74, 6) is -1.45. The maximum atomic E-state index is 13.3. The third-order valence-corrected chi connectivity index (χ3v) is 4.81. The SMILES string of the molecule is CC(CNC(=O)C1(C(F)(F)F)CCCC1)c1ccc(C(F)(F)F)cc1. The first-order valence-corrected chi connectivity index (χ1v) is 7.99. The van der Waals surface area contributed by atoms with Crippen LogP contribution in [-0.2, 0) is 11.0 Å². The predicted molar refractivity (Wildman–Crippen MR) is 79.8 cm³/mol. The monoisotopic (exact) mass is 367 g/mol. The van der Waals surface area contributed by atoms with E-state index in [1.54, 1.807) is 6.92 Å². The van der Waals surface area contributed by atoms with Gasteiger partial charge in [-0.05, 0) is 36.5 Å². The Morgan fingerprint density at radius 3 is 2.04 bits per heavy atom. The minimum Gasteiger partial charge on any atom is -0.355 e. The second-order valence-corrected chi connectivity index (χ2v) is 6.52. The normalized spacial score (nSPS) is 18.8. The largest absolute Gasteiger partial charge is 0.416 e. The molecule has 25 heavy (non-hydrogen) atoms. The molecule has 0 saturated heterocycles. The van der Waals surface area contributed by atoms with Gasteiger partial charge in [0.25, 0.3) is 0 Å². The van der Waals surface area contributed by atoms with Gasteiger partial charge < -0.3 is 5.32 Å². The Kier molecular flexibility index (Phi) is 5.39. The molecule has 1 aliphatic rings. The van der Waals surface area contributed by atoms with Gasteiger partial charge in [-0.1, -0.05) is 31.9 Å². The molecule has 0 radical (unpaired) electrons. The summed E-state index contributed by atoms with van der Waals surface area (Å²) in [5, 5.41) is 2.33. The van der Waals surface area contributed by atoms with Crippen molar-refractivity contribution in [2.24, 2.45) is 5.41 Å². The fraction of sp³-hybridized carbons (Fsp3) is 0.588. The number of carbonyl (C=O) groups excluding carboxylic acids is 1. The van der Waals surface area contributed by atoms with E-state index < -0.39 is 35.2 Å². The molecule has 0 aromatic heterocycles. The number of benzene rings is 1. The lowest BCUT2D eigenvalue weighted by atomic mass is 9.84. The number of hydrogen-bond donors (Lipinski definition) is 1. The first-order chi connectivity index (χ1) is 11.5. The molecular weight excluding hydrogens is 348 g/mol. The van der Waals surface area contributed by atoms with E-state index in [2.05, 4.69) is 5.32 Å². The van der Waals surface area contributed by atoms with Crippen LogP contribution >= 0.6 is 0 Å². The third kappa shape index (κ3) is 4.10. The van der Waals surface area contributed by atoms with Gasteiger partial charge in [-0.3, -0.25) is 4.79 Å². The molecule has 0 heterocycles. The smallest absolute Gasteiger partial charge is 0.355 e. The summed E-state index contributed by atoms with van der Waals surface area (Å²) in [6.07, 6.45) is -8.81. The van der Waals surface area contributed by atoms with Crippen molar-refractivity contribution in [2.75, 3.05) is 6.54 Å². The Bertz CT molecular complexity index is 599. The van der Waals surface area contributed by atoms with Crippen molar-refractivity contribution in [3.8, 4) is 0 Å². The highest BCUT2D eigenvalue weighted by Crippen LogP contribution is 2.50. The number of rotatable bonds is 4. The van der Waals surface area contributed by atoms with E-state index in [0.717, 1.165) is 12.1 Å². The van der Waals surface area contributed by atoms with E-state index in [1.807, 2.05) is 0 Å². The van der Waals surface area contributed by atoms with Gasteiger partial charge in [0, 0.05) is 6.54 Å². The fourth-order valence-electron chi connectivity index (χ4n) is 3.15.